The number of ether oxygens (including phenoxy) is 1. The number of rotatable bonds is 2. The molecule has 1 N–H and O–H groups in total. The minimum absolute atomic E-state index is 0.528. The first-order chi connectivity index (χ1) is 6.65. The summed E-state index contributed by atoms with van der Waals surface area (Å²) in [6.07, 6.45) is 0. The Morgan fingerprint density at radius 3 is 2.21 bits per heavy atom. The van der Waals surface area contributed by atoms with Gasteiger partial charge in [0, 0.05) is 7.11 Å². The van der Waals surface area contributed by atoms with Gasteiger partial charge in [-0.3, -0.25) is 0 Å². The maximum absolute atomic E-state index is 7.00. The molecule has 0 spiro atoms. The minimum atomic E-state index is 0.528. The second kappa shape index (κ2) is 6.44. The first kappa shape index (κ1) is 13.0. The molecule has 1 rings (SSSR count). The number of aryl methyl sites for hydroxylation is 1. The average molecular weight is 196 g/mol. The third kappa shape index (κ3) is 3.38. The lowest BCUT2D eigenvalue weighted by molar-refractivity contribution is 0.399. The molecule has 0 saturated carbocycles. The van der Waals surface area contributed by atoms with Crippen LogP contribution in [0.15, 0.2) is 18.2 Å². The Hall–Kier alpha value is -1.02. The molecule has 2 heteroatoms. The van der Waals surface area contributed by atoms with Gasteiger partial charge in [0.25, 0.3) is 0 Å². The van der Waals surface area contributed by atoms with E-state index in [0.29, 0.717) is 5.92 Å². The Morgan fingerprint density at radius 2 is 1.79 bits per heavy atom. The molecular weight excluding hydrogens is 176 g/mol. The van der Waals surface area contributed by atoms with Crippen molar-refractivity contribution in [3.8, 4) is 5.75 Å². The van der Waals surface area contributed by atoms with Gasteiger partial charge in [0.2, 0.25) is 0 Å². The van der Waals surface area contributed by atoms with Crippen molar-refractivity contribution in [3.63, 3.8) is 0 Å². The standard InChI is InChI=1S/C11H16O.CH4O/c1-8(2)10-6-5-9(3)7-11(10)12-4;1-2/h5-8H,1-4H3;2H,1H3. The van der Waals surface area contributed by atoms with E-state index in [4.69, 9.17) is 9.84 Å². The molecule has 0 amide bonds. The summed E-state index contributed by atoms with van der Waals surface area (Å²) in [5, 5.41) is 7.00. The van der Waals surface area contributed by atoms with Gasteiger partial charge in [-0.25, -0.2) is 0 Å². The molecule has 1 aromatic rings. The Kier molecular flexibility index (Phi) is 5.97. The van der Waals surface area contributed by atoms with Crippen LogP contribution in [-0.2, 0) is 0 Å². The quantitative estimate of drug-likeness (QED) is 0.788. The molecule has 1 aromatic carbocycles. The van der Waals surface area contributed by atoms with Gasteiger partial charge in [0.05, 0.1) is 7.11 Å². The van der Waals surface area contributed by atoms with Gasteiger partial charge in [-0.2, -0.15) is 0 Å². The normalized spacial score (nSPS) is 9.36. The van der Waals surface area contributed by atoms with Crippen LogP contribution in [-0.4, -0.2) is 19.3 Å². The van der Waals surface area contributed by atoms with Gasteiger partial charge in [0.15, 0.2) is 0 Å². The highest BCUT2D eigenvalue weighted by atomic mass is 16.5. The van der Waals surface area contributed by atoms with E-state index in [1.54, 1.807) is 7.11 Å². The van der Waals surface area contributed by atoms with Crippen molar-refractivity contribution < 1.29 is 9.84 Å². The maximum atomic E-state index is 7.00. The molecule has 0 aliphatic heterocycles. The van der Waals surface area contributed by atoms with Crippen molar-refractivity contribution in [1.82, 2.24) is 0 Å². The van der Waals surface area contributed by atoms with E-state index in [-0.39, 0.29) is 0 Å². The lowest BCUT2D eigenvalue weighted by Crippen LogP contribution is -1.94. The van der Waals surface area contributed by atoms with E-state index in [9.17, 15) is 0 Å². The second-order valence-electron chi connectivity index (χ2n) is 3.40. The fourth-order valence-electron chi connectivity index (χ4n) is 1.30. The fourth-order valence-corrected chi connectivity index (χ4v) is 1.30. The minimum Gasteiger partial charge on any atom is -0.496 e. The Morgan fingerprint density at radius 1 is 1.21 bits per heavy atom. The molecule has 80 valence electrons. The summed E-state index contributed by atoms with van der Waals surface area (Å²) >= 11 is 0. The van der Waals surface area contributed by atoms with Crippen LogP contribution >= 0.6 is 0 Å². The summed E-state index contributed by atoms with van der Waals surface area (Å²) < 4.78 is 5.29. The van der Waals surface area contributed by atoms with E-state index >= 15 is 0 Å². The van der Waals surface area contributed by atoms with Crippen LogP contribution in [0.25, 0.3) is 0 Å². The molecule has 0 radical (unpaired) electrons. The van der Waals surface area contributed by atoms with Crippen LogP contribution in [0.5, 0.6) is 5.75 Å². The van der Waals surface area contributed by atoms with Crippen molar-refractivity contribution in [2.75, 3.05) is 14.2 Å². The third-order valence-electron chi connectivity index (χ3n) is 2.01. The third-order valence-corrected chi connectivity index (χ3v) is 2.01. The second-order valence-corrected chi connectivity index (χ2v) is 3.40. The number of methoxy groups -OCH3 is 1. The zero-order valence-corrected chi connectivity index (χ0v) is 9.66. The van der Waals surface area contributed by atoms with Gasteiger partial charge < -0.3 is 9.84 Å². The summed E-state index contributed by atoms with van der Waals surface area (Å²) in [6.45, 7) is 6.42. The number of hydrogen-bond acceptors (Lipinski definition) is 2. The summed E-state index contributed by atoms with van der Waals surface area (Å²) in [4.78, 5) is 0. The molecule has 14 heavy (non-hydrogen) atoms. The van der Waals surface area contributed by atoms with Crippen LogP contribution in [0, 0.1) is 6.92 Å². The molecular formula is C12H20O2. The van der Waals surface area contributed by atoms with Gasteiger partial charge in [0.1, 0.15) is 5.75 Å². The van der Waals surface area contributed by atoms with Crippen LogP contribution in [0.3, 0.4) is 0 Å². The summed E-state index contributed by atoms with van der Waals surface area (Å²) in [5.74, 6) is 1.53. The SMILES string of the molecule is CO.COc1cc(C)ccc1C(C)C. The van der Waals surface area contributed by atoms with E-state index in [0.717, 1.165) is 12.9 Å². The molecule has 0 heterocycles. The lowest BCUT2D eigenvalue weighted by atomic mass is 10.0. The van der Waals surface area contributed by atoms with Crippen LogP contribution in [0.1, 0.15) is 30.9 Å². The molecule has 0 aliphatic carbocycles. The van der Waals surface area contributed by atoms with E-state index in [1.807, 2.05) is 0 Å². The number of hydrogen-bond donors (Lipinski definition) is 1. The Labute approximate surface area is 86.5 Å². The highest BCUT2D eigenvalue weighted by molar-refractivity contribution is 5.38. The van der Waals surface area contributed by atoms with Crippen molar-refractivity contribution in [1.29, 1.82) is 0 Å². The summed E-state index contributed by atoms with van der Waals surface area (Å²) in [6, 6.07) is 6.34. The van der Waals surface area contributed by atoms with Gasteiger partial charge >= 0.3 is 0 Å². The van der Waals surface area contributed by atoms with Crippen molar-refractivity contribution in [2.45, 2.75) is 26.7 Å². The van der Waals surface area contributed by atoms with E-state index in [1.165, 1.54) is 11.1 Å². The van der Waals surface area contributed by atoms with Crippen molar-refractivity contribution >= 4 is 0 Å². The fraction of sp³-hybridized carbons (Fsp3) is 0.500. The van der Waals surface area contributed by atoms with Crippen LogP contribution in [0.4, 0.5) is 0 Å². The molecule has 2 nitrogen and oxygen atoms in total. The topological polar surface area (TPSA) is 29.5 Å². The first-order valence-corrected chi connectivity index (χ1v) is 4.74. The Bertz CT molecular complexity index is 267. The van der Waals surface area contributed by atoms with E-state index < -0.39 is 0 Å². The van der Waals surface area contributed by atoms with Gasteiger partial charge in [-0.05, 0) is 30.0 Å². The predicted molar refractivity (Wildman–Crippen MR) is 60.0 cm³/mol. The Balaban J connectivity index is 0.000000791. The molecule has 0 bridgehead atoms. The van der Waals surface area contributed by atoms with Gasteiger partial charge in [-0.1, -0.05) is 26.0 Å². The highest BCUT2D eigenvalue weighted by Gasteiger charge is 2.05. The molecule has 0 saturated heterocycles. The summed E-state index contributed by atoms with van der Waals surface area (Å²) in [7, 11) is 2.72. The molecule has 0 fully saturated rings. The lowest BCUT2D eigenvalue weighted by Gasteiger charge is -2.11. The largest absolute Gasteiger partial charge is 0.496 e. The zero-order chi connectivity index (χ0) is 11.1. The molecule has 0 unspecified atom stereocenters. The van der Waals surface area contributed by atoms with Crippen LogP contribution < -0.4 is 4.74 Å². The van der Waals surface area contributed by atoms with E-state index in [2.05, 4.69) is 39.0 Å². The van der Waals surface area contributed by atoms with Crippen molar-refractivity contribution in [3.05, 3.63) is 29.3 Å². The smallest absolute Gasteiger partial charge is 0.122 e. The first-order valence-electron chi connectivity index (χ1n) is 4.74. The summed E-state index contributed by atoms with van der Waals surface area (Å²) in [5.41, 5.74) is 2.53. The van der Waals surface area contributed by atoms with Crippen molar-refractivity contribution in [2.24, 2.45) is 0 Å². The molecule has 0 aromatic heterocycles. The number of aliphatic hydroxyl groups is 1. The predicted octanol–water partition coefficient (Wildman–Crippen LogP) is 2.74. The van der Waals surface area contributed by atoms with Crippen LogP contribution in [0.2, 0.25) is 0 Å². The molecule has 0 aliphatic rings. The highest BCUT2D eigenvalue weighted by Crippen LogP contribution is 2.26. The average Bonchev–Trinajstić information content (AvgIpc) is 2.20. The monoisotopic (exact) mass is 196 g/mol. The molecule has 0 atom stereocenters. The number of aliphatic hydroxyl groups excluding tert-OH is 1. The van der Waals surface area contributed by atoms with Gasteiger partial charge in [-0.15, -0.1) is 0 Å². The maximum Gasteiger partial charge on any atom is 0.122 e. The number of benzene rings is 1. The zero-order valence-electron chi connectivity index (χ0n) is 9.66.